The average Bonchev–Trinajstić information content (AvgIpc) is 2.42. The third-order valence-electron chi connectivity index (χ3n) is 2.90. The van der Waals surface area contributed by atoms with Gasteiger partial charge in [-0.3, -0.25) is 14.4 Å². The fourth-order valence-electron chi connectivity index (χ4n) is 1.78. The molecule has 0 bridgehead atoms. The van der Waals surface area contributed by atoms with E-state index in [2.05, 4.69) is 10.6 Å². The summed E-state index contributed by atoms with van der Waals surface area (Å²) in [5.74, 6) is -1.46. The summed E-state index contributed by atoms with van der Waals surface area (Å²) in [4.78, 5) is 45.2. The molecule has 0 saturated carbocycles. The maximum absolute atomic E-state index is 12.0. The molecular formula is C15H19N3O4. The summed E-state index contributed by atoms with van der Waals surface area (Å²) in [6.07, 6.45) is 0.329. The molecule has 118 valence electrons. The van der Waals surface area contributed by atoms with E-state index in [1.165, 1.54) is 26.0 Å². The van der Waals surface area contributed by atoms with Crippen LogP contribution >= 0.6 is 0 Å². The van der Waals surface area contributed by atoms with E-state index in [1.54, 1.807) is 12.1 Å². The van der Waals surface area contributed by atoms with Crippen LogP contribution in [0.1, 0.15) is 37.0 Å². The van der Waals surface area contributed by atoms with Crippen LogP contribution in [0.4, 0.5) is 5.69 Å². The monoisotopic (exact) mass is 305 g/mol. The topological polar surface area (TPSA) is 118 Å². The smallest absolute Gasteiger partial charge is 0.251 e. The van der Waals surface area contributed by atoms with E-state index < -0.39 is 17.9 Å². The molecule has 1 aromatic rings. The fourth-order valence-corrected chi connectivity index (χ4v) is 1.78. The fraction of sp³-hybridized carbons (Fsp3) is 0.333. The van der Waals surface area contributed by atoms with Gasteiger partial charge < -0.3 is 21.2 Å². The summed E-state index contributed by atoms with van der Waals surface area (Å²) in [5, 5.41) is 5.08. The maximum Gasteiger partial charge on any atom is 0.251 e. The van der Waals surface area contributed by atoms with Crippen molar-refractivity contribution in [2.75, 3.05) is 5.32 Å². The third kappa shape index (κ3) is 5.74. The van der Waals surface area contributed by atoms with Crippen molar-refractivity contribution in [2.45, 2.75) is 32.7 Å². The number of amides is 3. The molecular weight excluding hydrogens is 286 g/mol. The van der Waals surface area contributed by atoms with Gasteiger partial charge in [-0.15, -0.1) is 0 Å². The standard InChI is InChI=1S/C15H19N3O4/c1-9(19)3-8-13(14(16)21)18-15(22)11-4-6-12(7-5-11)17-10(2)20/h4-7,13H,3,8H2,1-2H3,(H2,16,21)(H,17,20)(H,18,22)/t13-/m0/s1. The molecule has 3 amide bonds. The number of rotatable bonds is 7. The molecule has 1 aromatic carbocycles. The van der Waals surface area contributed by atoms with Crippen molar-refractivity contribution in [3.8, 4) is 0 Å². The number of carbonyl (C=O) groups excluding carboxylic acids is 4. The first-order chi connectivity index (χ1) is 10.3. The molecule has 0 heterocycles. The van der Waals surface area contributed by atoms with Crippen molar-refractivity contribution in [1.29, 1.82) is 0 Å². The zero-order valence-electron chi connectivity index (χ0n) is 12.5. The maximum atomic E-state index is 12.0. The second-order valence-corrected chi connectivity index (χ2v) is 4.93. The minimum Gasteiger partial charge on any atom is -0.368 e. The molecule has 4 N–H and O–H groups in total. The van der Waals surface area contributed by atoms with Gasteiger partial charge in [-0.05, 0) is 37.6 Å². The van der Waals surface area contributed by atoms with E-state index in [-0.39, 0.29) is 24.5 Å². The van der Waals surface area contributed by atoms with E-state index >= 15 is 0 Å². The zero-order chi connectivity index (χ0) is 16.7. The molecule has 1 atom stereocenters. The molecule has 0 aromatic heterocycles. The van der Waals surface area contributed by atoms with Crippen molar-refractivity contribution in [1.82, 2.24) is 5.32 Å². The number of Topliss-reactive ketones (excluding diaryl/α,β-unsaturated/α-hetero) is 1. The summed E-state index contributed by atoms with van der Waals surface area (Å²) >= 11 is 0. The lowest BCUT2D eigenvalue weighted by Gasteiger charge is -2.15. The van der Waals surface area contributed by atoms with E-state index in [4.69, 9.17) is 5.73 Å². The van der Waals surface area contributed by atoms with E-state index in [1.807, 2.05) is 0 Å². The first kappa shape index (κ1) is 17.4. The summed E-state index contributed by atoms with van der Waals surface area (Å²) < 4.78 is 0. The lowest BCUT2D eigenvalue weighted by molar-refractivity contribution is -0.120. The number of hydrogen-bond acceptors (Lipinski definition) is 4. The van der Waals surface area contributed by atoms with Crippen LogP contribution < -0.4 is 16.4 Å². The predicted octanol–water partition coefficient (Wildman–Crippen LogP) is 0.598. The van der Waals surface area contributed by atoms with Crippen molar-refractivity contribution in [3.05, 3.63) is 29.8 Å². The van der Waals surface area contributed by atoms with E-state index in [9.17, 15) is 19.2 Å². The molecule has 0 unspecified atom stereocenters. The van der Waals surface area contributed by atoms with Gasteiger partial charge in [-0.25, -0.2) is 0 Å². The van der Waals surface area contributed by atoms with Crippen LogP contribution in [0.3, 0.4) is 0 Å². The molecule has 1 rings (SSSR count). The minimum atomic E-state index is -0.897. The van der Waals surface area contributed by atoms with Gasteiger partial charge in [0.15, 0.2) is 0 Å². The second kappa shape index (κ2) is 7.92. The van der Waals surface area contributed by atoms with Crippen molar-refractivity contribution >= 4 is 29.2 Å². The highest BCUT2D eigenvalue weighted by Crippen LogP contribution is 2.10. The molecule has 22 heavy (non-hydrogen) atoms. The van der Waals surface area contributed by atoms with Gasteiger partial charge in [0, 0.05) is 24.6 Å². The SMILES string of the molecule is CC(=O)CC[C@H](NC(=O)c1ccc(NC(C)=O)cc1)C(N)=O. The molecule has 0 spiro atoms. The molecule has 7 nitrogen and oxygen atoms in total. The van der Waals surface area contributed by atoms with Gasteiger partial charge in [0.1, 0.15) is 11.8 Å². The van der Waals surface area contributed by atoms with Gasteiger partial charge >= 0.3 is 0 Å². The van der Waals surface area contributed by atoms with Gasteiger partial charge in [-0.1, -0.05) is 0 Å². The normalized spacial score (nSPS) is 11.4. The van der Waals surface area contributed by atoms with Crippen LogP contribution in [0.5, 0.6) is 0 Å². The lowest BCUT2D eigenvalue weighted by Crippen LogP contribution is -2.44. The van der Waals surface area contributed by atoms with Crippen LogP contribution in [0, 0.1) is 0 Å². The van der Waals surface area contributed by atoms with Crippen LogP contribution in [0.25, 0.3) is 0 Å². The number of nitrogens with two attached hydrogens (primary N) is 1. The number of benzene rings is 1. The Labute approximate surface area is 128 Å². The first-order valence-electron chi connectivity index (χ1n) is 6.77. The molecule has 0 aliphatic carbocycles. The molecule has 0 fully saturated rings. The summed E-state index contributed by atoms with van der Waals surface area (Å²) in [6.45, 7) is 2.79. The van der Waals surface area contributed by atoms with Crippen LogP contribution in [-0.4, -0.2) is 29.5 Å². The number of hydrogen-bond donors (Lipinski definition) is 3. The second-order valence-electron chi connectivity index (χ2n) is 4.93. The van der Waals surface area contributed by atoms with Crippen LogP contribution in [0.15, 0.2) is 24.3 Å². The van der Waals surface area contributed by atoms with Crippen LogP contribution in [0.2, 0.25) is 0 Å². The zero-order valence-corrected chi connectivity index (χ0v) is 12.5. The Kier molecular flexibility index (Phi) is 6.25. The highest BCUT2D eigenvalue weighted by Gasteiger charge is 2.19. The Balaban J connectivity index is 2.71. The van der Waals surface area contributed by atoms with Gasteiger partial charge in [0.2, 0.25) is 11.8 Å². The lowest BCUT2D eigenvalue weighted by atomic mass is 10.1. The van der Waals surface area contributed by atoms with Gasteiger partial charge in [0.25, 0.3) is 5.91 Å². The number of anilines is 1. The van der Waals surface area contributed by atoms with E-state index in [0.29, 0.717) is 11.3 Å². The molecule has 0 aliphatic rings. The Hall–Kier alpha value is -2.70. The molecule has 7 heteroatoms. The Morgan fingerprint density at radius 1 is 1.09 bits per heavy atom. The summed E-state index contributed by atoms with van der Waals surface area (Å²) in [7, 11) is 0. The largest absolute Gasteiger partial charge is 0.368 e. The third-order valence-corrected chi connectivity index (χ3v) is 2.90. The number of nitrogens with one attached hydrogen (secondary N) is 2. The Morgan fingerprint density at radius 3 is 2.14 bits per heavy atom. The first-order valence-corrected chi connectivity index (χ1v) is 6.77. The average molecular weight is 305 g/mol. The van der Waals surface area contributed by atoms with Crippen molar-refractivity contribution in [2.24, 2.45) is 5.73 Å². The predicted molar refractivity (Wildman–Crippen MR) is 81.1 cm³/mol. The summed E-state index contributed by atoms with van der Waals surface area (Å²) in [5.41, 5.74) is 6.10. The Morgan fingerprint density at radius 2 is 1.68 bits per heavy atom. The van der Waals surface area contributed by atoms with Gasteiger partial charge in [-0.2, -0.15) is 0 Å². The minimum absolute atomic E-state index is 0.0832. The number of ketones is 1. The van der Waals surface area contributed by atoms with Crippen molar-refractivity contribution in [3.63, 3.8) is 0 Å². The number of carbonyl (C=O) groups is 4. The highest BCUT2D eigenvalue weighted by molar-refractivity contribution is 5.98. The van der Waals surface area contributed by atoms with E-state index in [0.717, 1.165) is 0 Å². The molecule has 0 saturated heterocycles. The van der Waals surface area contributed by atoms with Gasteiger partial charge in [0.05, 0.1) is 0 Å². The van der Waals surface area contributed by atoms with Crippen LogP contribution in [-0.2, 0) is 14.4 Å². The molecule has 0 aliphatic heterocycles. The Bertz CT molecular complexity index is 581. The summed E-state index contributed by atoms with van der Waals surface area (Å²) in [6, 6.07) is 5.29. The number of primary amides is 1. The highest BCUT2D eigenvalue weighted by atomic mass is 16.2. The molecule has 0 radical (unpaired) electrons. The van der Waals surface area contributed by atoms with Crippen molar-refractivity contribution < 1.29 is 19.2 Å². The quantitative estimate of drug-likeness (QED) is 0.683.